The molecule has 1 heterocycles. The molecule has 0 atom stereocenters. The third kappa shape index (κ3) is 1.72. The molecule has 4 heteroatoms. The van der Waals surface area contributed by atoms with Gasteiger partial charge in [-0.3, -0.25) is 0 Å². The summed E-state index contributed by atoms with van der Waals surface area (Å²) in [5.41, 5.74) is 1.95. The van der Waals surface area contributed by atoms with E-state index in [1.165, 1.54) is 0 Å². The quantitative estimate of drug-likeness (QED) is 0.824. The van der Waals surface area contributed by atoms with Crippen LogP contribution in [-0.4, -0.2) is 17.1 Å². The van der Waals surface area contributed by atoms with Crippen molar-refractivity contribution in [3.05, 3.63) is 35.5 Å². The molecule has 1 aromatic carbocycles. The summed E-state index contributed by atoms with van der Waals surface area (Å²) in [4.78, 5) is 7.04. The zero-order valence-corrected chi connectivity index (χ0v) is 8.38. The number of benzene rings is 1. The van der Waals surface area contributed by atoms with E-state index in [2.05, 4.69) is 9.97 Å². The van der Waals surface area contributed by atoms with Gasteiger partial charge in [-0.15, -0.1) is 0 Å². The highest BCUT2D eigenvalue weighted by Gasteiger charge is 2.02. The van der Waals surface area contributed by atoms with Gasteiger partial charge in [0.05, 0.1) is 19.0 Å². The number of nitrogens with zero attached hydrogens (tertiary/aromatic N) is 1. The lowest BCUT2D eigenvalue weighted by Gasteiger charge is -1.96. The summed E-state index contributed by atoms with van der Waals surface area (Å²) in [7, 11) is 1.57. The predicted octanol–water partition coefficient (Wildman–Crippen LogP) is 2.74. The Morgan fingerprint density at radius 1 is 1.29 bits per heavy atom. The van der Waals surface area contributed by atoms with E-state index in [4.69, 9.17) is 16.3 Å². The number of imidazole rings is 1. The Balaban J connectivity index is 2.34. The lowest BCUT2D eigenvalue weighted by atomic mass is 10.2. The lowest BCUT2D eigenvalue weighted by Crippen LogP contribution is -1.83. The molecule has 0 spiro atoms. The van der Waals surface area contributed by atoms with E-state index in [0.29, 0.717) is 6.01 Å². The number of hydrogen-bond donors (Lipinski definition) is 1. The van der Waals surface area contributed by atoms with Gasteiger partial charge >= 0.3 is 0 Å². The van der Waals surface area contributed by atoms with Crippen molar-refractivity contribution in [2.75, 3.05) is 7.11 Å². The smallest absolute Gasteiger partial charge is 0.293 e. The van der Waals surface area contributed by atoms with Crippen molar-refractivity contribution in [2.45, 2.75) is 0 Å². The average molecular weight is 209 g/mol. The summed E-state index contributed by atoms with van der Waals surface area (Å²) in [5.74, 6) is 0. The minimum absolute atomic E-state index is 0.509. The van der Waals surface area contributed by atoms with Crippen molar-refractivity contribution < 1.29 is 4.74 Å². The van der Waals surface area contributed by atoms with Crippen molar-refractivity contribution in [3.8, 4) is 17.3 Å². The van der Waals surface area contributed by atoms with E-state index < -0.39 is 0 Å². The van der Waals surface area contributed by atoms with Crippen LogP contribution in [0, 0.1) is 0 Å². The van der Waals surface area contributed by atoms with Gasteiger partial charge in [0.25, 0.3) is 6.01 Å². The molecule has 0 aliphatic rings. The highest BCUT2D eigenvalue weighted by Crippen LogP contribution is 2.21. The Labute approximate surface area is 86.7 Å². The summed E-state index contributed by atoms with van der Waals surface area (Å²) >= 11 is 5.78. The molecule has 2 rings (SSSR count). The van der Waals surface area contributed by atoms with E-state index in [0.717, 1.165) is 16.3 Å². The molecule has 3 nitrogen and oxygen atoms in total. The SMILES string of the molecule is COc1ncc(-c2ccc(Cl)cc2)[nH]1. The first kappa shape index (κ1) is 9.09. The number of nitrogens with one attached hydrogen (secondary N) is 1. The van der Waals surface area contributed by atoms with Crippen LogP contribution < -0.4 is 4.74 Å². The van der Waals surface area contributed by atoms with Gasteiger partial charge in [0.2, 0.25) is 0 Å². The summed E-state index contributed by atoms with van der Waals surface area (Å²) < 4.78 is 4.95. The van der Waals surface area contributed by atoms with Crippen LogP contribution in [0.2, 0.25) is 5.02 Å². The Hall–Kier alpha value is -1.48. The number of halogens is 1. The van der Waals surface area contributed by atoms with E-state index in [-0.39, 0.29) is 0 Å². The van der Waals surface area contributed by atoms with Gasteiger partial charge in [0.15, 0.2) is 0 Å². The van der Waals surface area contributed by atoms with Crippen LogP contribution in [0.1, 0.15) is 0 Å². The minimum atomic E-state index is 0.509. The van der Waals surface area contributed by atoms with Gasteiger partial charge in [0, 0.05) is 5.02 Å². The summed E-state index contributed by atoms with van der Waals surface area (Å²) in [5, 5.41) is 0.722. The Bertz CT molecular complexity index is 422. The largest absolute Gasteiger partial charge is 0.468 e. The summed E-state index contributed by atoms with van der Waals surface area (Å²) in [6.45, 7) is 0. The maximum atomic E-state index is 5.78. The second-order valence-corrected chi connectivity index (χ2v) is 3.25. The first-order valence-corrected chi connectivity index (χ1v) is 4.52. The number of ether oxygens (including phenoxy) is 1. The molecule has 0 aliphatic carbocycles. The molecule has 0 saturated carbocycles. The van der Waals surface area contributed by atoms with E-state index in [1.807, 2.05) is 24.3 Å². The third-order valence-corrected chi connectivity index (χ3v) is 2.15. The number of aromatic amines is 1. The zero-order chi connectivity index (χ0) is 9.97. The van der Waals surface area contributed by atoms with Crippen LogP contribution in [0.25, 0.3) is 11.3 Å². The second-order valence-electron chi connectivity index (χ2n) is 2.81. The second kappa shape index (κ2) is 3.72. The number of methoxy groups -OCH3 is 1. The maximum absolute atomic E-state index is 5.78. The molecule has 72 valence electrons. The number of rotatable bonds is 2. The molecule has 0 unspecified atom stereocenters. The van der Waals surface area contributed by atoms with Crippen molar-refractivity contribution in [1.29, 1.82) is 0 Å². The van der Waals surface area contributed by atoms with Crippen molar-refractivity contribution in [2.24, 2.45) is 0 Å². The maximum Gasteiger partial charge on any atom is 0.293 e. The van der Waals surface area contributed by atoms with E-state index >= 15 is 0 Å². The Kier molecular flexibility index (Phi) is 2.41. The van der Waals surface area contributed by atoms with Crippen LogP contribution in [0.15, 0.2) is 30.5 Å². The van der Waals surface area contributed by atoms with Crippen molar-refractivity contribution >= 4 is 11.6 Å². The van der Waals surface area contributed by atoms with E-state index in [9.17, 15) is 0 Å². The molecular weight excluding hydrogens is 200 g/mol. The van der Waals surface area contributed by atoms with Crippen LogP contribution in [0.5, 0.6) is 6.01 Å². The molecule has 1 N–H and O–H groups in total. The first-order valence-electron chi connectivity index (χ1n) is 4.14. The molecule has 0 fully saturated rings. The van der Waals surface area contributed by atoms with Crippen molar-refractivity contribution in [3.63, 3.8) is 0 Å². The molecule has 0 bridgehead atoms. The topological polar surface area (TPSA) is 37.9 Å². The molecule has 14 heavy (non-hydrogen) atoms. The number of H-pyrrole nitrogens is 1. The normalized spacial score (nSPS) is 10.1. The van der Waals surface area contributed by atoms with Gasteiger partial charge < -0.3 is 9.72 Å². The molecule has 0 saturated heterocycles. The fourth-order valence-corrected chi connectivity index (χ4v) is 1.31. The highest BCUT2D eigenvalue weighted by molar-refractivity contribution is 6.30. The Morgan fingerprint density at radius 3 is 2.57 bits per heavy atom. The van der Waals surface area contributed by atoms with Gasteiger partial charge in [0.1, 0.15) is 0 Å². The lowest BCUT2D eigenvalue weighted by molar-refractivity contribution is 0.384. The third-order valence-electron chi connectivity index (χ3n) is 1.90. The van der Waals surface area contributed by atoms with Crippen LogP contribution in [-0.2, 0) is 0 Å². The number of aromatic nitrogens is 2. The molecule has 0 amide bonds. The van der Waals surface area contributed by atoms with Gasteiger partial charge in [-0.25, -0.2) is 4.98 Å². The minimum Gasteiger partial charge on any atom is -0.468 e. The molecule has 0 aliphatic heterocycles. The van der Waals surface area contributed by atoms with Crippen LogP contribution in [0.4, 0.5) is 0 Å². The number of hydrogen-bond acceptors (Lipinski definition) is 2. The molecular formula is C10H9ClN2O. The fourth-order valence-electron chi connectivity index (χ4n) is 1.18. The van der Waals surface area contributed by atoms with Crippen molar-refractivity contribution in [1.82, 2.24) is 9.97 Å². The fraction of sp³-hybridized carbons (Fsp3) is 0.100. The monoisotopic (exact) mass is 208 g/mol. The van der Waals surface area contributed by atoms with Gasteiger partial charge in [-0.1, -0.05) is 23.7 Å². The van der Waals surface area contributed by atoms with E-state index in [1.54, 1.807) is 13.3 Å². The van der Waals surface area contributed by atoms with Gasteiger partial charge in [-0.2, -0.15) is 0 Å². The molecule has 2 aromatic rings. The van der Waals surface area contributed by atoms with Gasteiger partial charge in [-0.05, 0) is 17.7 Å². The standard InChI is InChI=1S/C10H9ClN2O/c1-14-10-12-6-9(13-10)7-2-4-8(11)5-3-7/h2-6H,1H3,(H,12,13). The molecule has 1 aromatic heterocycles. The average Bonchev–Trinajstić information content (AvgIpc) is 2.67. The predicted molar refractivity (Wildman–Crippen MR) is 55.6 cm³/mol. The Morgan fingerprint density at radius 2 is 2.00 bits per heavy atom. The summed E-state index contributed by atoms with van der Waals surface area (Å²) in [6, 6.07) is 8.04. The zero-order valence-electron chi connectivity index (χ0n) is 7.62. The summed E-state index contributed by atoms with van der Waals surface area (Å²) in [6.07, 6.45) is 1.72. The highest BCUT2D eigenvalue weighted by atomic mass is 35.5. The first-order chi connectivity index (χ1) is 6.79. The van der Waals surface area contributed by atoms with Crippen LogP contribution in [0.3, 0.4) is 0 Å². The van der Waals surface area contributed by atoms with Crippen LogP contribution >= 0.6 is 11.6 Å². The molecule has 0 radical (unpaired) electrons.